The lowest BCUT2D eigenvalue weighted by Crippen LogP contribution is -2.36. The predicted molar refractivity (Wildman–Crippen MR) is 100 cm³/mol. The molecule has 26 heavy (non-hydrogen) atoms. The van der Waals surface area contributed by atoms with E-state index in [0.29, 0.717) is 17.8 Å². The van der Waals surface area contributed by atoms with E-state index < -0.39 is 0 Å². The molecular weight excluding hydrogens is 322 g/mol. The highest BCUT2D eigenvalue weighted by Gasteiger charge is 2.41. The van der Waals surface area contributed by atoms with Crippen LogP contribution in [0.25, 0.3) is 6.08 Å². The average Bonchev–Trinajstić information content (AvgIpc) is 2.69. The Morgan fingerprint density at radius 1 is 1.19 bits per heavy atom. The van der Waals surface area contributed by atoms with Gasteiger partial charge in [-0.25, -0.2) is 0 Å². The summed E-state index contributed by atoms with van der Waals surface area (Å²) in [6.07, 6.45) is 11.5. The van der Waals surface area contributed by atoms with Crippen molar-refractivity contribution >= 4 is 12.0 Å². The molecule has 4 aliphatic rings. The number of benzene rings is 1. The monoisotopic (exact) mass is 347 g/mol. The van der Waals surface area contributed by atoms with Gasteiger partial charge >= 0.3 is 5.97 Å². The molecule has 5 rings (SSSR count). The summed E-state index contributed by atoms with van der Waals surface area (Å²) in [6.45, 7) is 0. The maximum absolute atomic E-state index is 12.3. The van der Waals surface area contributed by atoms with Gasteiger partial charge in [-0.2, -0.15) is 0 Å². The van der Waals surface area contributed by atoms with Gasteiger partial charge < -0.3 is 4.74 Å². The van der Waals surface area contributed by atoms with Crippen LogP contribution in [0, 0.1) is 23.7 Å². The number of allylic oxidation sites excluding steroid dienone is 4. The molecule has 4 atom stereocenters. The third kappa shape index (κ3) is 2.48. The van der Waals surface area contributed by atoms with E-state index in [4.69, 9.17) is 9.73 Å². The number of carbonyl (C=O) groups is 1. The predicted octanol–water partition coefficient (Wildman–Crippen LogP) is 3.30. The SMILES string of the molecule is COC(=O)C1CCCC2=C3C=C4N=c5ccccc5=CC4CC3CCC21. The van der Waals surface area contributed by atoms with Crippen LogP contribution in [0.5, 0.6) is 0 Å². The normalized spacial score (nSPS) is 32.0. The third-order valence-electron chi connectivity index (χ3n) is 6.82. The maximum Gasteiger partial charge on any atom is 0.309 e. The molecule has 3 heteroatoms. The molecule has 0 aromatic heterocycles. The first-order valence-electron chi connectivity index (χ1n) is 9.92. The fraction of sp³-hybridized carbons (Fsp3) is 0.478. The standard InChI is InChI=1S/C23H25NO2/c1-26-23(25)19-7-4-6-17-18(19)10-9-14-11-16-12-15-5-2-3-8-21(15)24-22(16)13-20(14)17/h2-3,5,8,12-14,16,18-19H,4,6-7,9-11H2,1H3. The van der Waals surface area contributed by atoms with Crippen LogP contribution >= 0.6 is 0 Å². The number of hydrogen-bond donors (Lipinski definition) is 0. The summed E-state index contributed by atoms with van der Waals surface area (Å²) >= 11 is 0. The Bertz CT molecular complexity index is 939. The van der Waals surface area contributed by atoms with Gasteiger partial charge in [0.25, 0.3) is 0 Å². The molecule has 134 valence electrons. The highest BCUT2D eigenvalue weighted by Crippen LogP contribution is 2.50. The molecule has 1 aliphatic heterocycles. The topological polar surface area (TPSA) is 38.7 Å². The molecule has 0 amide bonds. The van der Waals surface area contributed by atoms with Crippen LogP contribution in [-0.4, -0.2) is 13.1 Å². The molecular formula is C23H25NO2. The summed E-state index contributed by atoms with van der Waals surface area (Å²) in [7, 11) is 1.52. The van der Waals surface area contributed by atoms with Crippen molar-refractivity contribution in [2.24, 2.45) is 28.7 Å². The number of carbonyl (C=O) groups excluding carboxylic acids is 1. The van der Waals surface area contributed by atoms with Crippen molar-refractivity contribution in [2.75, 3.05) is 7.11 Å². The second-order valence-electron chi connectivity index (χ2n) is 8.13. The smallest absolute Gasteiger partial charge is 0.309 e. The molecule has 1 saturated carbocycles. The van der Waals surface area contributed by atoms with Crippen LogP contribution in [0.15, 0.2) is 52.2 Å². The van der Waals surface area contributed by atoms with Crippen molar-refractivity contribution in [3.63, 3.8) is 0 Å². The summed E-state index contributed by atoms with van der Waals surface area (Å²) < 4.78 is 5.10. The number of methoxy groups -OCH3 is 1. The number of para-hydroxylation sites is 1. The molecule has 1 aromatic carbocycles. The first-order chi connectivity index (χ1) is 12.7. The largest absolute Gasteiger partial charge is 0.469 e. The molecule has 0 radical (unpaired) electrons. The van der Waals surface area contributed by atoms with Crippen molar-refractivity contribution in [3.8, 4) is 0 Å². The Kier molecular flexibility index (Phi) is 3.84. The Labute approximate surface area is 154 Å². The van der Waals surface area contributed by atoms with E-state index in [-0.39, 0.29) is 11.9 Å². The fourth-order valence-corrected chi connectivity index (χ4v) is 5.61. The maximum atomic E-state index is 12.3. The van der Waals surface area contributed by atoms with E-state index >= 15 is 0 Å². The summed E-state index contributed by atoms with van der Waals surface area (Å²) in [4.78, 5) is 17.2. The lowest BCUT2D eigenvalue weighted by molar-refractivity contribution is -0.148. The second-order valence-corrected chi connectivity index (χ2v) is 8.13. The van der Waals surface area contributed by atoms with Gasteiger partial charge in [0.05, 0.1) is 18.4 Å². The van der Waals surface area contributed by atoms with Gasteiger partial charge in [0.15, 0.2) is 0 Å². The van der Waals surface area contributed by atoms with Crippen molar-refractivity contribution in [3.05, 3.63) is 57.8 Å². The molecule has 0 bridgehead atoms. The van der Waals surface area contributed by atoms with Crippen LogP contribution in [0.1, 0.15) is 38.5 Å². The Balaban J connectivity index is 1.59. The number of nitrogens with zero attached hydrogens (tertiary/aromatic N) is 1. The molecule has 1 aromatic rings. The van der Waals surface area contributed by atoms with E-state index in [2.05, 4.69) is 36.4 Å². The summed E-state index contributed by atoms with van der Waals surface area (Å²) in [5.41, 5.74) is 4.24. The number of esters is 1. The highest BCUT2D eigenvalue weighted by molar-refractivity contribution is 5.73. The van der Waals surface area contributed by atoms with E-state index in [9.17, 15) is 4.79 Å². The molecule has 4 unspecified atom stereocenters. The van der Waals surface area contributed by atoms with E-state index in [1.807, 2.05) is 0 Å². The third-order valence-corrected chi connectivity index (χ3v) is 6.82. The molecule has 3 nitrogen and oxygen atoms in total. The Morgan fingerprint density at radius 2 is 2.08 bits per heavy atom. The van der Waals surface area contributed by atoms with E-state index in [1.165, 1.54) is 35.6 Å². The molecule has 1 fully saturated rings. The number of hydrogen-bond acceptors (Lipinski definition) is 3. The average molecular weight is 347 g/mol. The number of rotatable bonds is 1. The van der Waals surface area contributed by atoms with Gasteiger partial charge in [-0.15, -0.1) is 0 Å². The summed E-state index contributed by atoms with van der Waals surface area (Å²) in [6, 6.07) is 8.42. The van der Waals surface area contributed by atoms with Gasteiger partial charge in [-0.1, -0.05) is 29.8 Å². The van der Waals surface area contributed by atoms with Crippen molar-refractivity contribution < 1.29 is 9.53 Å². The highest BCUT2D eigenvalue weighted by atomic mass is 16.5. The molecule has 3 aliphatic carbocycles. The van der Waals surface area contributed by atoms with Crippen molar-refractivity contribution in [1.29, 1.82) is 0 Å². The van der Waals surface area contributed by atoms with Crippen molar-refractivity contribution in [1.82, 2.24) is 0 Å². The van der Waals surface area contributed by atoms with Gasteiger partial charge in [-0.3, -0.25) is 9.79 Å². The van der Waals surface area contributed by atoms with Gasteiger partial charge in [0.1, 0.15) is 0 Å². The molecule has 0 saturated heterocycles. The molecule has 1 heterocycles. The Morgan fingerprint density at radius 3 is 2.96 bits per heavy atom. The first kappa shape index (κ1) is 16.0. The number of ether oxygens (including phenoxy) is 1. The zero-order valence-corrected chi connectivity index (χ0v) is 15.3. The van der Waals surface area contributed by atoms with Crippen LogP contribution in [-0.2, 0) is 9.53 Å². The van der Waals surface area contributed by atoms with Crippen LogP contribution < -0.4 is 10.6 Å². The van der Waals surface area contributed by atoms with E-state index in [1.54, 1.807) is 0 Å². The summed E-state index contributed by atoms with van der Waals surface area (Å²) in [5.74, 6) is 1.50. The first-order valence-corrected chi connectivity index (χ1v) is 9.92. The zero-order chi connectivity index (χ0) is 17.7. The van der Waals surface area contributed by atoms with Gasteiger partial charge in [0, 0.05) is 11.6 Å². The summed E-state index contributed by atoms with van der Waals surface area (Å²) in [5, 5.41) is 2.35. The number of fused-ring (bicyclic) bond motifs is 4. The minimum atomic E-state index is -0.0165. The lowest BCUT2D eigenvalue weighted by Gasteiger charge is -2.42. The van der Waals surface area contributed by atoms with Crippen LogP contribution in [0.4, 0.5) is 0 Å². The van der Waals surface area contributed by atoms with Gasteiger partial charge in [0.2, 0.25) is 0 Å². The van der Waals surface area contributed by atoms with Crippen LogP contribution in [0.3, 0.4) is 0 Å². The van der Waals surface area contributed by atoms with E-state index in [0.717, 1.165) is 37.5 Å². The van der Waals surface area contributed by atoms with Crippen LogP contribution in [0.2, 0.25) is 0 Å². The molecule has 0 N–H and O–H groups in total. The minimum absolute atomic E-state index is 0.0165. The van der Waals surface area contributed by atoms with Crippen molar-refractivity contribution in [2.45, 2.75) is 38.5 Å². The minimum Gasteiger partial charge on any atom is -0.469 e. The Hall–Kier alpha value is -2.16. The lowest BCUT2D eigenvalue weighted by atomic mass is 9.63. The fourth-order valence-electron chi connectivity index (χ4n) is 5.61. The zero-order valence-electron chi connectivity index (χ0n) is 15.3. The quantitative estimate of drug-likeness (QED) is 0.731. The van der Waals surface area contributed by atoms with Gasteiger partial charge in [-0.05, 0) is 73.3 Å². The molecule has 0 spiro atoms. The second kappa shape index (κ2) is 6.22.